The molecule has 0 saturated heterocycles. The van der Waals surface area contributed by atoms with Crippen molar-refractivity contribution in [1.29, 1.82) is 0 Å². The Labute approximate surface area is 76.7 Å². The fourth-order valence-corrected chi connectivity index (χ4v) is 1.15. The number of carbonyl (C=O) groups is 1. The molecule has 5 nitrogen and oxygen atoms in total. The first kappa shape index (κ1) is 9.57. The summed E-state index contributed by atoms with van der Waals surface area (Å²) in [5, 5.41) is 6.61. The van der Waals surface area contributed by atoms with Gasteiger partial charge >= 0.3 is 6.09 Å². The van der Waals surface area contributed by atoms with Gasteiger partial charge in [-0.2, -0.15) is 5.10 Å². The van der Waals surface area contributed by atoms with Crippen LogP contribution >= 0.6 is 0 Å². The number of aromatic nitrogens is 2. The number of hydrogen-bond acceptors (Lipinski definition) is 3. The van der Waals surface area contributed by atoms with Gasteiger partial charge in [-0.15, -0.1) is 0 Å². The van der Waals surface area contributed by atoms with Gasteiger partial charge < -0.3 is 4.74 Å². The van der Waals surface area contributed by atoms with Gasteiger partial charge in [-0.3, -0.25) is 10.00 Å². The van der Waals surface area contributed by atoms with Crippen molar-refractivity contribution in [1.82, 2.24) is 9.78 Å². The third-order valence-electron chi connectivity index (χ3n) is 1.82. The molecule has 0 aliphatic heterocycles. The van der Waals surface area contributed by atoms with Crippen LogP contribution < -0.4 is 5.32 Å². The molecule has 0 unspecified atom stereocenters. The van der Waals surface area contributed by atoms with Crippen molar-refractivity contribution in [3.8, 4) is 0 Å². The molecule has 1 rings (SSSR count). The van der Waals surface area contributed by atoms with E-state index in [9.17, 15) is 4.79 Å². The SMILES string of the molecule is CCc1c(NC(=O)OC)cnn1C. The second-order valence-corrected chi connectivity index (χ2v) is 2.60. The summed E-state index contributed by atoms with van der Waals surface area (Å²) >= 11 is 0. The van der Waals surface area contributed by atoms with Crippen molar-refractivity contribution in [2.75, 3.05) is 12.4 Å². The van der Waals surface area contributed by atoms with Crippen molar-refractivity contribution in [3.63, 3.8) is 0 Å². The number of ether oxygens (including phenoxy) is 1. The fourth-order valence-electron chi connectivity index (χ4n) is 1.15. The molecule has 0 aromatic carbocycles. The minimum atomic E-state index is -0.470. The third kappa shape index (κ3) is 1.99. The number of nitrogens with one attached hydrogen (secondary N) is 1. The largest absolute Gasteiger partial charge is 0.453 e. The van der Waals surface area contributed by atoms with Gasteiger partial charge in [0, 0.05) is 7.05 Å². The predicted octanol–water partition coefficient (Wildman–Crippen LogP) is 1.16. The Bertz CT molecular complexity index is 306. The number of hydrogen-bond donors (Lipinski definition) is 1. The molecule has 1 N–H and O–H groups in total. The van der Waals surface area contributed by atoms with Crippen molar-refractivity contribution in [2.45, 2.75) is 13.3 Å². The molecule has 1 heterocycles. The Kier molecular flexibility index (Phi) is 2.89. The van der Waals surface area contributed by atoms with Crippen LogP contribution in [0.15, 0.2) is 6.20 Å². The van der Waals surface area contributed by atoms with Gasteiger partial charge in [-0.1, -0.05) is 6.92 Å². The lowest BCUT2D eigenvalue weighted by atomic mass is 10.3. The van der Waals surface area contributed by atoms with E-state index in [2.05, 4.69) is 15.2 Å². The summed E-state index contributed by atoms with van der Waals surface area (Å²) in [6.07, 6.45) is 1.95. The minimum Gasteiger partial charge on any atom is -0.453 e. The van der Waals surface area contributed by atoms with Gasteiger partial charge in [0.2, 0.25) is 0 Å². The zero-order valence-corrected chi connectivity index (χ0v) is 8.00. The van der Waals surface area contributed by atoms with Crippen LogP contribution in [0, 0.1) is 0 Å². The highest BCUT2D eigenvalue weighted by Gasteiger charge is 2.08. The summed E-state index contributed by atoms with van der Waals surface area (Å²) in [5.74, 6) is 0. The number of methoxy groups -OCH3 is 1. The first-order valence-electron chi connectivity index (χ1n) is 4.04. The molecule has 72 valence electrons. The summed E-state index contributed by atoms with van der Waals surface area (Å²) in [7, 11) is 3.17. The quantitative estimate of drug-likeness (QED) is 0.748. The molecular weight excluding hydrogens is 170 g/mol. The van der Waals surface area contributed by atoms with Crippen molar-refractivity contribution in [2.24, 2.45) is 7.05 Å². The number of nitrogens with zero attached hydrogens (tertiary/aromatic N) is 2. The van der Waals surface area contributed by atoms with E-state index in [-0.39, 0.29) is 0 Å². The number of aryl methyl sites for hydroxylation is 1. The van der Waals surface area contributed by atoms with Crippen molar-refractivity contribution in [3.05, 3.63) is 11.9 Å². The van der Waals surface area contributed by atoms with E-state index in [1.54, 1.807) is 10.9 Å². The van der Waals surface area contributed by atoms with Crippen LogP contribution in [0.1, 0.15) is 12.6 Å². The molecule has 1 aromatic heterocycles. The Morgan fingerprint density at radius 1 is 1.77 bits per heavy atom. The summed E-state index contributed by atoms with van der Waals surface area (Å²) < 4.78 is 6.20. The molecule has 0 saturated carbocycles. The van der Waals surface area contributed by atoms with Crippen LogP contribution in [0.2, 0.25) is 0 Å². The Balaban J connectivity index is 2.82. The molecule has 1 aromatic rings. The molecule has 0 bridgehead atoms. The molecule has 0 radical (unpaired) electrons. The van der Waals surface area contributed by atoms with E-state index in [1.165, 1.54) is 7.11 Å². The second-order valence-electron chi connectivity index (χ2n) is 2.60. The lowest BCUT2D eigenvalue weighted by molar-refractivity contribution is 0.187. The molecule has 5 heteroatoms. The van der Waals surface area contributed by atoms with Crippen LogP contribution in [-0.2, 0) is 18.2 Å². The van der Waals surface area contributed by atoms with E-state index in [0.29, 0.717) is 5.69 Å². The summed E-state index contributed by atoms with van der Waals surface area (Å²) in [6, 6.07) is 0. The molecule has 1 amide bonds. The average Bonchev–Trinajstić information content (AvgIpc) is 2.46. The summed E-state index contributed by atoms with van der Waals surface area (Å²) in [6.45, 7) is 2.00. The molecule has 0 aliphatic carbocycles. The van der Waals surface area contributed by atoms with E-state index < -0.39 is 6.09 Å². The van der Waals surface area contributed by atoms with Gasteiger partial charge in [0.05, 0.1) is 24.7 Å². The smallest absolute Gasteiger partial charge is 0.411 e. The van der Waals surface area contributed by atoms with Crippen LogP contribution in [-0.4, -0.2) is 23.0 Å². The number of carbonyl (C=O) groups excluding carboxylic acids is 1. The molecule has 13 heavy (non-hydrogen) atoms. The zero-order chi connectivity index (χ0) is 9.84. The van der Waals surface area contributed by atoms with Gasteiger partial charge in [-0.25, -0.2) is 4.79 Å². The third-order valence-corrected chi connectivity index (χ3v) is 1.82. The first-order chi connectivity index (χ1) is 6.19. The second kappa shape index (κ2) is 3.93. The van der Waals surface area contributed by atoms with Gasteiger partial charge in [0.25, 0.3) is 0 Å². The monoisotopic (exact) mass is 183 g/mol. The molecule has 0 fully saturated rings. The Morgan fingerprint density at radius 3 is 3.00 bits per heavy atom. The van der Waals surface area contributed by atoms with Crippen LogP contribution in [0.5, 0.6) is 0 Å². The van der Waals surface area contributed by atoms with Crippen LogP contribution in [0.4, 0.5) is 10.5 Å². The lowest BCUT2D eigenvalue weighted by Gasteiger charge is -2.03. The maximum absolute atomic E-state index is 10.9. The summed E-state index contributed by atoms with van der Waals surface area (Å²) in [5.41, 5.74) is 1.68. The Morgan fingerprint density at radius 2 is 2.46 bits per heavy atom. The molecular formula is C8H13N3O2. The van der Waals surface area contributed by atoms with E-state index in [4.69, 9.17) is 0 Å². The average molecular weight is 183 g/mol. The maximum Gasteiger partial charge on any atom is 0.411 e. The van der Waals surface area contributed by atoms with Crippen LogP contribution in [0.25, 0.3) is 0 Å². The van der Waals surface area contributed by atoms with E-state index in [1.807, 2.05) is 14.0 Å². The number of rotatable bonds is 2. The molecule has 0 spiro atoms. The topological polar surface area (TPSA) is 56.1 Å². The highest BCUT2D eigenvalue weighted by molar-refractivity contribution is 5.85. The van der Waals surface area contributed by atoms with E-state index >= 15 is 0 Å². The highest BCUT2D eigenvalue weighted by Crippen LogP contribution is 2.14. The fraction of sp³-hybridized carbons (Fsp3) is 0.500. The Hall–Kier alpha value is -1.52. The van der Waals surface area contributed by atoms with Crippen LogP contribution in [0.3, 0.4) is 0 Å². The normalized spacial score (nSPS) is 9.77. The number of anilines is 1. The molecule has 0 aliphatic rings. The highest BCUT2D eigenvalue weighted by atomic mass is 16.5. The number of amides is 1. The molecule has 0 atom stereocenters. The maximum atomic E-state index is 10.9. The summed E-state index contributed by atoms with van der Waals surface area (Å²) in [4.78, 5) is 10.9. The van der Waals surface area contributed by atoms with E-state index in [0.717, 1.165) is 12.1 Å². The van der Waals surface area contributed by atoms with Gasteiger partial charge in [0.15, 0.2) is 0 Å². The standard InChI is InChI=1S/C8H13N3O2/c1-4-7-6(5-9-11(7)2)10-8(12)13-3/h5H,4H2,1-3H3,(H,10,12). The van der Waals surface area contributed by atoms with Crippen molar-refractivity contribution < 1.29 is 9.53 Å². The zero-order valence-electron chi connectivity index (χ0n) is 8.00. The predicted molar refractivity (Wildman–Crippen MR) is 48.6 cm³/mol. The first-order valence-corrected chi connectivity index (χ1v) is 4.04. The van der Waals surface area contributed by atoms with Crippen molar-refractivity contribution >= 4 is 11.8 Å². The lowest BCUT2D eigenvalue weighted by Crippen LogP contribution is -2.12. The van der Waals surface area contributed by atoms with Gasteiger partial charge in [0.1, 0.15) is 0 Å². The van der Waals surface area contributed by atoms with Gasteiger partial charge in [-0.05, 0) is 6.42 Å². The minimum absolute atomic E-state index is 0.470.